The molecule has 3 aromatic rings. The second-order valence-electron chi connectivity index (χ2n) is 10.1. The molecule has 1 aliphatic carbocycles. The summed E-state index contributed by atoms with van der Waals surface area (Å²) < 4.78 is 12.6. The average molecular weight is 396 g/mol. The first kappa shape index (κ1) is 19.6. The maximum Gasteiger partial charge on any atom is 0.494 e. The summed E-state index contributed by atoms with van der Waals surface area (Å²) in [4.78, 5) is 0. The number of hydrogen-bond acceptors (Lipinski definition) is 2. The van der Waals surface area contributed by atoms with Crippen LogP contribution in [-0.2, 0) is 14.7 Å². The van der Waals surface area contributed by atoms with E-state index < -0.39 is 0 Å². The fourth-order valence-corrected chi connectivity index (χ4v) is 4.92. The van der Waals surface area contributed by atoms with Crippen LogP contribution < -0.4 is 5.46 Å². The molecule has 0 radical (unpaired) electrons. The number of benzene rings is 3. The molecular weight excluding hydrogens is 367 g/mol. The van der Waals surface area contributed by atoms with Crippen molar-refractivity contribution >= 4 is 12.6 Å². The predicted molar refractivity (Wildman–Crippen MR) is 125 cm³/mol. The zero-order chi connectivity index (χ0) is 21.3. The third kappa shape index (κ3) is 2.72. The number of rotatable bonds is 2. The highest BCUT2D eigenvalue weighted by Crippen LogP contribution is 2.51. The summed E-state index contributed by atoms with van der Waals surface area (Å²) in [6.45, 7) is 13.1. The maximum atomic E-state index is 6.30. The van der Waals surface area contributed by atoms with Gasteiger partial charge in [0.15, 0.2) is 0 Å². The van der Waals surface area contributed by atoms with E-state index in [0.29, 0.717) is 0 Å². The van der Waals surface area contributed by atoms with Gasteiger partial charge in [-0.3, -0.25) is 0 Å². The van der Waals surface area contributed by atoms with Gasteiger partial charge in [-0.15, -0.1) is 0 Å². The highest BCUT2D eigenvalue weighted by atomic mass is 16.7. The lowest BCUT2D eigenvalue weighted by molar-refractivity contribution is 0.00578. The molecule has 5 rings (SSSR count). The topological polar surface area (TPSA) is 18.5 Å². The molecule has 2 aliphatic rings. The fraction of sp³-hybridized carbons (Fsp3) is 0.333. The number of hydrogen-bond donors (Lipinski definition) is 0. The highest BCUT2D eigenvalue weighted by Gasteiger charge is 2.51. The molecule has 0 spiro atoms. The molecule has 0 saturated carbocycles. The lowest BCUT2D eigenvalue weighted by Gasteiger charge is -2.32. The van der Waals surface area contributed by atoms with Crippen molar-refractivity contribution in [1.29, 1.82) is 0 Å². The number of fused-ring (bicyclic) bond motifs is 3. The third-order valence-corrected chi connectivity index (χ3v) is 7.30. The normalized spacial score (nSPS) is 20.1. The summed E-state index contributed by atoms with van der Waals surface area (Å²) in [5.74, 6) is 0. The zero-order valence-electron chi connectivity index (χ0n) is 18.7. The molecule has 1 saturated heterocycles. The van der Waals surface area contributed by atoms with Gasteiger partial charge in [0, 0.05) is 5.41 Å². The van der Waals surface area contributed by atoms with E-state index >= 15 is 0 Å². The van der Waals surface area contributed by atoms with E-state index in [1.165, 1.54) is 33.4 Å². The van der Waals surface area contributed by atoms with Crippen molar-refractivity contribution in [1.82, 2.24) is 0 Å². The van der Waals surface area contributed by atoms with Gasteiger partial charge in [-0.05, 0) is 66.5 Å². The minimum Gasteiger partial charge on any atom is -0.399 e. The van der Waals surface area contributed by atoms with Crippen molar-refractivity contribution in [3.63, 3.8) is 0 Å². The minimum atomic E-state index is -0.350. The molecule has 0 bridgehead atoms. The second-order valence-corrected chi connectivity index (χ2v) is 10.1. The monoisotopic (exact) mass is 396 g/mol. The molecule has 152 valence electrons. The lowest BCUT2D eigenvalue weighted by atomic mass is 9.75. The van der Waals surface area contributed by atoms with Gasteiger partial charge < -0.3 is 9.31 Å². The molecule has 0 aromatic heterocycles. The van der Waals surface area contributed by atoms with Crippen molar-refractivity contribution < 1.29 is 9.31 Å². The molecule has 0 amide bonds. The fourth-order valence-electron chi connectivity index (χ4n) is 4.92. The van der Waals surface area contributed by atoms with E-state index in [9.17, 15) is 0 Å². The van der Waals surface area contributed by atoms with E-state index in [2.05, 4.69) is 108 Å². The predicted octanol–water partition coefficient (Wildman–Crippen LogP) is 5.96. The molecule has 3 heteroatoms. The van der Waals surface area contributed by atoms with Crippen molar-refractivity contribution in [3.8, 4) is 22.3 Å². The first-order chi connectivity index (χ1) is 14.1. The average Bonchev–Trinajstić information content (AvgIpc) is 3.08. The first-order valence-electron chi connectivity index (χ1n) is 10.8. The van der Waals surface area contributed by atoms with Gasteiger partial charge >= 0.3 is 7.12 Å². The lowest BCUT2D eigenvalue weighted by Crippen LogP contribution is -2.41. The summed E-state index contributed by atoms with van der Waals surface area (Å²) >= 11 is 0. The van der Waals surface area contributed by atoms with Crippen molar-refractivity contribution in [2.24, 2.45) is 0 Å². The Morgan fingerprint density at radius 3 is 1.97 bits per heavy atom. The van der Waals surface area contributed by atoms with E-state index in [1.807, 2.05) is 0 Å². The molecular formula is C27H29BO2. The Labute approximate surface area is 180 Å². The molecule has 3 aromatic carbocycles. The summed E-state index contributed by atoms with van der Waals surface area (Å²) in [5.41, 5.74) is 8.32. The molecule has 1 fully saturated rings. The zero-order valence-corrected chi connectivity index (χ0v) is 18.7. The van der Waals surface area contributed by atoms with Crippen LogP contribution >= 0.6 is 0 Å². The van der Waals surface area contributed by atoms with Gasteiger partial charge in [0.2, 0.25) is 0 Å². The summed E-state index contributed by atoms with van der Waals surface area (Å²) in [5, 5.41) is 0. The summed E-state index contributed by atoms with van der Waals surface area (Å²) in [6, 6.07) is 24.1. The van der Waals surface area contributed by atoms with Gasteiger partial charge in [0.05, 0.1) is 11.2 Å². The Kier molecular flexibility index (Phi) is 4.13. The van der Waals surface area contributed by atoms with Gasteiger partial charge in [-0.2, -0.15) is 0 Å². The molecule has 1 heterocycles. The standard InChI is InChI=1S/C27H29BO2/c1-25(2)23-16-8-7-13-21(23)22-15-10-14-20(24(22)25)18-11-9-12-19(17-18)28-29-26(3,4)27(5,6)30-28/h7-17H,1-6H3. The van der Waals surface area contributed by atoms with Gasteiger partial charge in [-0.1, -0.05) is 80.6 Å². The third-order valence-electron chi connectivity index (χ3n) is 7.30. The van der Waals surface area contributed by atoms with Crippen LogP contribution in [0.15, 0.2) is 66.7 Å². The van der Waals surface area contributed by atoms with Crippen molar-refractivity contribution in [2.75, 3.05) is 0 Å². The van der Waals surface area contributed by atoms with Gasteiger partial charge in [-0.25, -0.2) is 0 Å². The van der Waals surface area contributed by atoms with Crippen LogP contribution in [0.3, 0.4) is 0 Å². The van der Waals surface area contributed by atoms with Crippen molar-refractivity contribution in [3.05, 3.63) is 77.9 Å². The molecule has 0 N–H and O–H groups in total. The maximum absolute atomic E-state index is 6.30. The van der Waals surface area contributed by atoms with Crippen LogP contribution in [0.2, 0.25) is 0 Å². The molecule has 0 atom stereocenters. The molecule has 30 heavy (non-hydrogen) atoms. The van der Waals surface area contributed by atoms with Crippen LogP contribution in [0.5, 0.6) is 0 Å². The van der Waals surface area contributed by atoms with Crippen LogP contribution in [0.1, 0.15) is 52.7 Å². The minimum absolute atomic E-state index is 0.0388. The van der Waals surface area contributed by atoms with Crippen molar-refractivity contribution in [2.45, 2.75) is 58.2 Å². The second kappa shape index (κ2) is 6.32. The first-order valence-corrected chi connectivity index (χ1v) is 10.8. The SMILES string of the molecule is CC1(C)c2ccccc2-c2cccc(-c3cccc(B4OC(C)(C)C(C)(C)O4)c3)c21. The Bertz CT molecular complexity index is 1130. The summed E-state index contributed by atoms with van der Waals surface area (Å²) in [6.07, 6.45) is 0. The Morgan fingerprint density at radius 1 is 0.633 bits per heavy atom. The largest absolute Gasteiger partial charge is 0.494 e. The Morgan fingerprint density at radius 2 is 1.23 bits per heavy atom. The molecule has 0 unspecified atom stereocenters. The van der Waals surface area contributed by atoms with Crippen LogP contribution in [0.4, 0.5) is 0 Å². The smallest absolute Gasteiger partial charge is 0.399 e. The van der Waals surface area contributed by atoms with E-state index in [-0.39, 0.29) is 23.7 Å². The van der Waals surface area contributed by atoms with Crippen LogP contribution in [0.25, 0.3) is 22.3 Å². The highest BCUT2D eigenvalue weighted by molar-refractivity contribution is 6.62. The van der Waals surface area contributed by atoms with Crippen LogP contribution in [0, 0.1) is 0 Å². The van der Waals surface area contributed by atoms with E-state index in [4.69, 9.17) is 9.31 Å². The Hall–Kier alpha value is -2.36. The van der Waals surface area contributed by atoms with E-state index in [1.54, 1.807) is 0 Å². The molecule has 2 nitrogen and oxygen atoms in total. The molecule has 1 aliphatic heterocycles. The van der Waals surface area contributed by atoms with Crippen LogP contribution in [-0.4, -0.2) is 18.3 Å². The Balaban J connectivity index is 1.61. The quantitative estimate of drug-likeness (QED) is 0.498. The van der Waals surface area contributed by atoms with Gasteiger partial charge in [0.25, 0.3) is 0 Å². The van der Waals surface area contributed by atoms with Gasteiger partial charge in [0.1, 0.15) is 0 Å². The van der Waals surface area contributed by atoms with E-state index in [0.717, 1.165) is 5.46 Å². The summed E-state index contributed by atoms with van der Waals surface area (Å²) in [7, 11) is -0.350.